The smallest absolute Gasteiger partial charge is 0.256 e. The molecule has 0 spiro atoms. The molecule has 1 aliphatic rings. The van der Waals surface area contributed by atoms with Crippen LogP contribution in [0.4, 0.5) is 0 Å². The van der Waals surface area contributed by atoms with Crippen LogP contribution < -0.4 is 9.47 Å². The molecule has 1 aliphatic heterocycles. The maximum atomic E-state index is 13.8. The monoisotopic (exact) mass is 406 g/mol. The van der Waals surface area contributed by atoms with Gasteiger partial charge in [0.15, 0.2) is 0 Å². The van der Waals surface area contributed by atoms with Gasteiger partial charge in [-0.1, -0.05) is 12.1 Å². The molecule has 1 aromatic heterocycles. The highest BCUT2D eigenvalue weighted by Crippen LogP contribution is 2.37. The van der Waals surface area contributed by atoms with Gasteiger partial charge < -0.3 is 18.9 Å². The summed E-state index contributed by atoms with van der Waals surface area (Å²) >= 11 is 0. The third kappa shape index (κ3) is 3.53. The van der Waals surface area contributed by atoms with Crippen molar-refractivity contribution in [1.29, 1.82) is 0 Å². The fourth-order valence-corrected chi connectivity index (χ4v) is 4.53. The number of ether oxygens (including phenoxy) is 2. The Labute approximate surface area is 178 Å². The second-order valence-electron chi connectivity index (χ2n) is 7.79. The van der Waals surface area contributed by atoms with E-state index in [1.165, 1.54) is 0 Å². The fraction of sp³-hybridized carbons (Fsp3) is 0.400. The average Bonchev–Trinajstić information content (AvgIpc) is 3.33. The Bertz CT molecular complexity index is 1050. The number of rotatable bonds is 6. The predicted octanol–water partition coefficient (Wildman–Crippen LogP) is 5.26. The van der Waals surface area contributed by atoms with Gasteiger partial charge in [-0.25, -0.2) is 0 Å². The van der Waals surface area contributed by atoms with Crippen molar-refractivity contribution in [1.82, 2.24) is 9.47 Å². The van der Waals surface area contributed by atoms with Crippen LogP contribution in [0.1, 0.15) is 54.3 Å². The second kappa shape index (κ2) is 8.42. The molecule has 0 bridgehead atoms. The van der Waals surface area contributed by atoms with Gasteiger partial charge in [-0.2, -0.15) is 0 Å². The normalized spacial score (nSPS) is 16.3. The number of likely N-dealkylation sites (tertiary alicyclic amines) is 1. The zero-order chi connectivity index (χ0) is 21.3. The van der Waals surface area contributed by atoms with Crippen LogP contribution in [0.2, 0.25) is 0 Å². The lowest BCUT2D eigenvalue weighted by Gasteiger charge is -2.25. The summed E-state index contributed by atoms with van der Waals surface area (Å²) in [4.78, 5) is 15.8. The van der Waals surface area contributed by atoms with Crippen molar-refractivity contribution >= 4 is 16.8 Å². The molecule has 1 saturated heterocycles. The zero-order valence-electron chi connectivity index (χ0n) is 18.3. The van der Waals surface area contributed by atoms with Gasteiger partial charge in [0.05, 0.1) is 24.8 Å². The average molecular weight is 407 g/mol. The molecule has 0 N–H and O–H groups in total. The molecule has 5 heteroatoms. The molecule has 2 aromatic carbocycles. The number of hydrogen-bond donors (Lipinski definition) is 0. The molecular formula is C25H30N2O3. The van der Waals surface area contributed by atoms with Crippen molar-refractivity contribution < 1.29 is 14.3 Å². The van der Waals surface area contributed by atoms with Crippen molar-refractivity contribution in [2.24, 2.45) is 7.05 Å². The van der Waals surface area contributed by atoms with Crippen LogP contribution in [0.25, 0.3) is 10.9 Å². The van der Waals surface area contributed by atoms with E-state index in [1.54, 1.807) is 0 Å². The highest BCUT2D eigenvalue weighted by molar-refractivity contribution is 6.09. The zero-order valence-corrected chi connectivity index (χ0v) is 18.3. The maximum absolute atomic E-state index is 13.8. The molecule has 1 unspecified atom stereocenters. The molecule has 1 amide bonds. The van der Waals surface area contributed by atoms with Gasteiger partial charge in [-0.15, -0.1) is 0 Å². The number of fused-ring (bicyclic) bond motifs is 1. The first kappa shape index (κ1) is 20.3. The lowest BCUT2D eigenvalue weighted by atomic mass is 10.0. The van der Waals surface area contributed by atoms with Gasteiger partial charge in [0, 0.05) is 30.2 Å². The SMILES string of the molecule is CCOc1ccc(C2CCCN2C(=O)c2c(C)n(C)c3ccc(OCC)cc23)cc1. The van der Waals surface area contributed by atoms with E-state index in [4.69, 9.17) is 9.47 Å². The van der Waals surface area contributed by atoms with E-state index in [1.807, 2.05) is 63.1 Å². The molecule has 0 radical (unpaired) electrons. The Morgan fingerprint density at radius 2 is 1.70 bits per heavy atom. The number of hydrogen-bond acceptors (Lipinski definition) is 3. The lowest BCUT2D eigenvalue weighted by Crippen LogP contribution is -2.31. The molecule has 3 aromatic rings. The van der Waals surface area contributed by atoms with Crippen molar-refractivity contribution in [3.05, 3.63) is 59.3 Å². The van der Waals surface area contributed by atoms with Crippen LogP contribution in [0, 0.1) is 6.92 Å². The standard InChI is InChI=1S/C25H30N2O3/c1-5-29-19-11-9-18(10-12-19)22-8-7-15-27(22)25(28)24-17(3)26(4)23-14-13-20(30-6-2)16-21(23)24/h9-14,16,22H,5-8,15H2,1-4H3. The van der Waals surface area contributed by atoms with Crippen molar-refractivity contribution in [2.75, 3.05) is 19.8 Å². The quantitative estimate of drug-likeness (QED) is 0.561. The van der Waals surface area contributed by atoms with Crippen LogP contribution in [0.5, 0.6) is 11.5 Å². The number of amides is 1. The number of carbonyl (C=O) groups excluding carboxylic acids is 1. The minimum Gasteiger partial charge on any atom is -0.494 e. The topological polar surface area (TPSA) is 43.7 Å². The number of aromatic nitrogens is 1. The van der Waals surface area contributed by atoms with Crippen LogP contribution in [0.3, 0.4) is 0 Å². The number of carbonyl (C=O) groups is 1. The second-order valence-corrected chi connectivity index (χ2v) is 7.79. The first-order valence-corrected chi connectivity index (χ1v) is 10.8. The molecular weight excluding hydrogens is 376 g/mol. The summed E-state index contributed by atoms with van der Waals surface area (Å²) in [6.45, 7) is 8.00. The molecule has 4 rings (SSSR count). The molecule has 0 saturated carbocycles. The Morgan fingerprint density at radius 3 is 2.40 bits per heavy atom. The van der Waals surface area contributed by atoms with Gasteiger partial charge in [0.1, 0.15) is 11.5 Å². The van der Waals surface area contributed by atoms with E-state index in [0.29, 0.717) is 13.2 Å². The summed E-state index contributed by atoms with van der Waals surface area (Å²) in [5, 5.41) is 0.961. The minimum absolute atomic E-state index is 0.0953. The molecule has 0 aliphatic carbocycles. The van der Waals surface area contributed by atoms with Crippen LogP contribution >= 0.6 is 0 Å². The Hall–Kier alpha value is -2.95. The number of benzene rings is 2. The molecule has 158 valence electrons. The van der Waals surface area contributed by atoms with Gasteiger partial charge in [0.2, 0.25) is 0 Å². The summed E-state index contributed by atoms with van der Waals surface area (Å²) in [6.07, 6.45) is 1.99. The molecule has 5 nitrogen and oxygen atoms in total. The summed E-state index contributed by atoms with van der Waals surface area (Å²) in [6, 6.07) is 14.3. The third-order valence-electron chi connectivity index (χ3n) is 6.08. The van der Waals surface area contributed by atoms with Gasteiger partial charge >= 0.3 is 0 Å². The minimum atomic E-state index is 0.0953. The van der Waals surface area contributed by atoms with Crippen LogP contribution in [0.15, 0.2) is 42.5 Å². The van der Waals surface area contributed by atoms with E-state index in [2.05, 4.69) is 16.7 Å². The highest BCUT2D eigenvalue weighted by Gasteiger charge is 2.33. The number of nitrogens with zero attached hydrogens (tertiary/aromatic N) is 2. The highest BCUT2D eigenvalue weighted by atomic mass is 16.5. The molecule has 1 atom stereocenters. The van der Waals surface area contributed by atoms with E-state index in [0.717, 1.165) is 58.6 Å². The third-order valence-corrected chi connectivity index (χ3v) is 6.08. The summed E-state index contributed by atoms with van der Waals surface area (Å²) in [7, 11) is 2.02. The van der Waals surface area contributed by atoms with Gasteiger partial charge in [-0.3, -0.25) is 4.79 Å². The van der Waals surface area contributed by atoms with E-state index < -0.39 is 0 Å². The maximum Gasteiger partial charge on any atom is 0.256 e. The first-order chi connectivity index (χ1) is 14.5. The largest absolute Gasteiger partial charge is 0.494 e. The van der Waals surface area contributed by atoms with E-state index in [9.17, 15) is 4.79 Å². The predicted molar refractivity (Wildman–Crippen MR) is 119 cm³/mol. The lowest BCUT2D eigenvalue weighted by molar-refractivity contribution is 0.0736. The Kier molecular flexibility index (Phi) is 5.71. The van der Waals surface area contributed by atoms with E-state index >= 15 is 0 Å². The van der Waals surface area contributed by atoms with Crippen LogP contribution in [-0.2, 0) is 7.05 Å². The molecule has 30 heavy (non-hydrogen) atoms. The first-order valence-electron chi connectivity index (χ1n) is 10.8. The number of aryl methyl sites for hydroxylation is 1. The van der Waals surface area contributed by atoms with Crippen molar-refractivity contribution in [2.45, 2.75) is 39.7 Å². The Balaban J connectivity index is 1.70. The van der Waals surface area contributed by atoms with Gasteiger partial charge in [-0.05, 0) is 69.5 Å². The summed E-state index contributed by atoms with van der Waals surface area (Å²) < 4.78 is 13.4. The van der Waals surface area contributed by atoms with Crippen molar-refractivity contribution in [3.63, 3.8) is 0 Å². The molecule has 2 heterocycles. The molecule has 1 fully saturated rings. The van der Waals surface area contributed by atoms with Crippen LogP contribution in [-0.4, -0.2) is 35.1 Å². The summed E-state index contributed by atoms with van der Waals surface area (Å²) in [5.74, 6) is 1.77. The fourth-order valence-electron chi connectivity index (χ4n) is 4.53. The van der Waals surface area contributed by atoms with E-state index in [-0.39, 0.29) is 11.9 Å². The summed E-state index contributed by atoms with van der Waals surface area (Å²) in [5.41, 5.74) is 3.99. The Morgan fingerprint density at radius 1 is 1.03 bits per heavy atom. The van der Waals surface area contributed by atoms with Gasteiger partial charge in [0.25, 0.3) is 5.91 Å². The van der Waals surface area contributed by atoms with Crippen molar-refractivity contribution in [3.8, 4) is 11.5 Å².